The minimum atomic E-state index is -0.518. The van der Waals surface area contributed by atoms with Gasteiger partial charge in [-0.2, -0.15) is 0 Å². The fraction of sp³-hybridized carbons (Fsp3) is 0.308. The smallest absolute Gasteiger partial charge is 0.338 e. The van der Waals surface area contributed by atoms with Gasteiger partial charge in [-0.05, 0) is 31.5 Å². The Hall–Kier alpha value is -2.37. The van der Waals surface area contributed by atoms with Crippen LogP contribution in [0.25, 0.3) is 0 Å². The fourth-order valence-corrected chi connectivity index (χ4v) is 1.98. The molecule has 1 aromatic rings. The van der Waals surface area contributed by atoms with Crippen molar-refractivity contribution in [2.24, 2.45) is 0 Å². The Morgan fingerprint density at radius 1 is 1.42 bits per heavy atom. The highest BCUT2D eigenvalue weighted by atomic mass is 16.5. The van der Waals surface area contributed by atoms with E-state index >= 15 is 0 Å². The molecule has 0 saturated heterocycles. The summed E-state index contributed by atoms with van der Waals surface area (Å²) in [5.74, 6) is -0.436. The van der Waals surface area contributed by atoms with E-state index in [1.165, 1.54) is 0 Å². The molecule has 1 aliphatic heterocycles. The number of hydrogen-bond donors (Lipinski definition) is 2. The summed E-state index contributed by atoms with van der Waals surface area (Å²) in [7, 11) is 0. The van der Waals surface area contributed by atoms with Crippen molar-refractivity contribution in [3.63, 3.8) is 0 Å². The van der Waals surface area contributed by atoms with Gasteiger partial charge in [0.15, 0.2) is 0 Å². The lowest BCUT2D eigenvalue weighted by Gasteiger charge is -2.27. The Kier molecular flexibility index (Phi) is 3.79. The van der Waals surface area contributed by atoms with Gasteiger partial charge in [-0.1, -0.05) is 0 Å². The number of carbonyl (C=O) groups excluding carboxylic acids is 2. The first-order chi connectivity index (χ1) is 9.13. The van der Waals surface area contributed by atoms with Crippen molar-refractivity contribution in [3.05, 3.63) is 41.4 Å². The number of hydrogen-bond acceptors (Lipinski definition) is 4. The second kappa shape index (κ2) is 5.51. The number of ether oxygens (including phenoxy) is 1. The average Bonchev–Trinajstić information content (AvgIpc) is 2.39. The van der Waals surface area contributed by atoms with Crippen molar-refractivity contribution >= 4 is 12.0 Å². The van der Waals surface area contributed by atoms with Crippen LogP contribution in [0.1, 0.15) is 25.5 Å². The SMILES string of the molecule is CCOC(=O)C1=C(C)NC(=O)N[C@H]1c1ccncc1. The summed E-state index contributed by atoms with van der Waals surface area (Å²) in [5.41, 5.74) is 1.70. The normalized spacial score (nSPS) is 18.6. The zero-order valence-electron chi connectivity index (χ0n) is 10.8. The van der Waals surface area contributed by atoms with Crippen molar-refractivity contribution in [1.82, 2.24) is 15.6 Å². The molecule has 1 aromatic heterocycles. The van der Waals surface area contributed by atoms with Gasteiger partial charge in [-0.25, -0.2) is 9.59 Å². The van der Waals surface area contributed by atoms with Crippen molar-refractivity contribution in [2.75, 3.05) is 6.61 Å². The van der Waals surface area contributed by atoms with Gasteiger partial charge in [-0.3, -0.25) is 4.98 Å². The van der Waals surface area contributed by atoms with Gasteiger partial charge < -0.3 is 15.4 Å². The molecule has 0 aromatic carbocycles. The molecule has 1 aliphatic rings. The zero-order chi connectivity index (χ0) is 13.8. The number of pyridine rings is 1. The third kappa shape index (κ3) is 2.73. The molecular formula is C13H15N3O3. The number of urea groups is 1. The van der Waals surface area contributed by atoms with Crippen LogP contribution in [0.5, 0.6) is 0 Å². The van der Waals surface area contributed by atoms with Crippen molar-refractivity contribution in [3.8, 4) is 0 Å². The lowest BCUT2D eigenvalue weighted by Crippen LogP contribution is -2.45. The van der Waals surface area contributed by atoms with E-state index in [1.54, 1.807) is 38.4 Å². The van der Waals surface area contributed by atoms with Crippen LogP contribution in [0.15, 0.2) is 35.8 Å². The third-order valence-electron chi connectivity index (χ3n) is 2.80. The van der Waals surface area contributed by atoms with E-state index < -0.39 is 12.0 Å². The second-order valence-electron chi connectivity index (χ2n) is 4.07. The molecule has 6 heteroatoms. The summed E-state index contributed by atoms with van der Waals surface area (Å²) in [6.07, 6.45) is 3.23. The van der Waals surface area contributed by atoms with E-state index in [2.05, 4.69) is 15.6 Å². The van der Waals surface area contributed by atoms with Gasteiger partial charge in [0, 0.05) is 18.1 Å². The Bertz CT molecular complexity index is 525. The molecule has 0 aliphatic carbocycles. The maximum absolute atomic E-state index is 12.0. The molecule has 0 spiro atoms. The molecule has 6 nitrogen and oxygen atoms in total. The molecule has 0 bridgehead atoms. The Labute approximate surface area is 110 Å². The van der Waals surface area contributed by atoms with Crippen LogP contribution in [-0.2, 0) is 9.53 Å². The number of esters is 1. The summed E-state index contributed by atoms with van der Waals surface area (Å²) in [6, 6.07) is 2.65. The minimum Gasteiger partial charge on any atom is -0.463 e. The molecule has 1 atom stereocenters. The van der Waals surface area contributed by atoms with Gasteiger partial charge in [0.25, 0.3) is 0 Å². The number of nitrogens with zero attached hydrogens (tertiary/aromatic N) is 1. The molecule has 100 valence electrons. The number of rotatable bonds is 3. The van der Waals surface area contributed by atoms with Crippen LogP contribution in [-0.4, -0.2) is 23.6 Å². The lowest BCUT2D eigenvalue weighted by molar-refractivity contribution is -0.139. The molecule has 0 saturated carbocycles. The molecule has 2 N–H and O–H groups in total. The Balaban J connectivity index is 2.41. The van der Waals surface area contributed by atoms with Crippen LogP contribution >= 0.6 is 0 Å². The van der Waals surface area contributed by atoms with Crippen molar-refractivity contribution in [2.45, 2.75) is 19.9 Å². The van der Waals surface area contributed by atoms with E-state index in [0.29, 0.717) is 11.3 Å². The third-order valence-corrected chi connectivity index (χ3v) is 2.80. The van der Waals surface area contributed by atoms with Crippen LogP contribution < -0.4 is 10.6 Å². The van der Waals surface area contributed by atoms with Crippen LogP contribution in [0.2, 0.25) is 0 Å². The first-order valence-electron chi connectivity index (χ1n) is 5.98. The van der Waals surface area contributed by atoms with E-state index in [9.17, 15) is 9.59 Å². The largest absolute Gasteiger partial charge is 0.463 e. The van der Waals surface area contributed by atoms with Gasteiger partial charge in [0.2, 0.25) is 0 Å². The first kappa shape index (κ1) is 13.1. The molecule has 0 fully saturated rings. The van der Waals surface area contributed by atoms with E-state index in [-0.39, 0.29) is 12.6 Å². The summed E-state index contributed by atoms with van der Waals surface area (Å²) in [6.45, 7) is 3.70. The first-order valence-corrected chi connectivity index (χ1v) is 5.98. The molecule has 0 radical (unpaired) electrons. The number of allylic oxidation sites excluding steroid dienone is 1. The monoisotopic (exact) mass is 261 g/mol. The van der Waals surface area contributed by atoms with Gasteiger partial charge in [-0.15, -0.1) is 0 Å². The molecular weight excluding hydrogens is 246 g/mol. The molecule has 0 unspecified atom stereocenters. The number of aromatic nitrogens is 1. The maximum atomic E-state index is 12.0. The fourth-order valence-electron chi connectivity index (χ4n) is 1.98. The van der Waals surface area contributed by atoms with Crippen molar-refractivity contribution < 1.29 is 14.3 Å². The summed E-state index contributed by atoms with van der Waals surface area (Å²) in [5, 5.41) is 5.30. The number of nitrogens with one attached hydrogen (secondary N) is 2. The summed E-state index contributed by atoms with van der Waals surface area (Å²) in [4.78, 5) is 27.5. The number of amides is 2. The molecule has 2 heterocycles. The summed E-state index contributed by atoms with van der Waals surface area (Å²) >= 11 is 0. The predicted molar refractivity (Wildman–Crippen MR) is 68.0 cm³/mol. The molecule has 2 amide bonds. The highest BCUT2D eigenvalue weighted by molar-refractivity contribution is 5.94. The van der Waals surface area contributed by atoms with Crippen LogP contribution in [0.4, 0.5) is 4.79 Å². The minimum absolute atomic E-state index is 0.284. The van der Waals surface area contributed by atoms with E-state index in [0.717, 1.165) is 5.56 Å². The predicted octanol–water partition coefficient (Wildman–Crippen LogP) is 1.27. The van der Waals surface area contributed by atoms with Crippen molar-refractivity contribution in [1.29, 1.82) is 0 Å². The topological polar surface area (TPSA) is 80.3 Å². The van der Waals surface area contributed by atoms with E-state index in [1.807, 2.05) is 0 Å². The molecule has 19 heavy (non-hydrogen) atoms. The van der Waals surface area contributed by atoms with Gasteiger partial charge >= 0.3 is 12.0 Å². The van der Waals surface area contributed by atoms with Crippen LogP contribution in [0.3, 0.4) is 0 Å². The Morgan fingerprint density at radius 2 is 2.11 bits per heavy atom. The molecule has 2 rings (SSSR count). The second-order valence-corrected chi connectivity index (χ2v) is 4.07. The highest BCUT2D eigenvalue weighted by Crippen LogP contribution is 2.26. The Morgan fingerprint density at radius 3 is 2.74 bits per heavy atom. The maximum Gasteiger partial charge on any atom is 0.338 e. The van der Waals surface area contributed by atoms with Crippen LogP contribution in [0, 0.1) is 0 Å². The van der Waals surface area contributed by atoms with E-state index in [4.69, 9.17) is 4.74 Å². The standard InChI is InChI=1S/C13H15N3O3/c1-3-19-12(17)10-8(2)15-13(18)16-11(10)9-4-6-14-7-5-9/h4-7,11H,3H2,1-2H3,(H2,15,16,18)/t11-/m0/s1. The lowest BCUT2D eigenvalue weighted by atomic mass is 9.96. The number of carbonyl (C=O) groups is 2. The zero-order valence-corrected chi connectivity index (χ0v) is 10.8. The quantitative estimate of drug-likeness (QED) is 0.803. The summed E-state index contributed by atoms with van der Waals surface area (Å²) < 4.78 is 5.04. The van der Waals surface area contributed by atoms with Gasteiger partial charge in [0.1, 0.15) is 0 Å². The average molecular weight is 261 g/mol. The highest BCUT2D eigenvalue weighted by Gasteiger charge is 2.31. The van der Waals surface area contributed by atoms with Gasteiger partial charge in [0.05, 0.1) is 18.2 Å².